The van der Waals surface area contributed by atoms with Crippen molar-refractivity contribution in [1.82, 2.24) is 4.98 Å². The van der Waals surface area contributed by atoms with E-state index in [1.807, 2.05) is 55.5 Å². The van der Waals surface area contributed by atoms with Gasteiger partial charge < -0.3 is 18.6 Å². The second kappa shape index (κ2) is 8.85. The average Bonchev–Trinajstić information content (AvgIpc) is 3.45. The minimum absolute atomic E-state index is 0.0847. The van der Waals surface area contributed by atoms with Crippen LogP contribution >= 0.6 is 0 Å². The number of aryl methyl sites for hydroxylation is 1. The van der Waals surface area contributed by atoms with Crippen LogP contribution < -0.4 is 14.2 Å². The maximum Gasteiger partial charge on any atom is 0.312 e. The highest BCUT2D eigenvalue weighted by molar-refractivity contribution is 6.15. The minimum Gasteiger partial charge on any atom is -0.487 e. The number of hydrogen-bond donors (Lipinski definition) is 0. The summed E-state index contributed by atoms with van der Waals surface area (Å²) in [6.45, 7) is 2.11. The van der Waals surface area contributed by atoms with Gasteiger partial charge in [0.05, 0.1) is 17.7 Å². The zero-order valence-corrected chi connectivity index (χ0v) is 19.4. The van der Waals surface area contributed by atoms with E-state index in [2.05, 4.69) is 4.98 Å². The number of fused-ring (bicyclic) bond motifs is 3. The first-order valence-electron chi connectivity index (χ1n) is 11.6. The van der Waals surface area contributed by atoms with Crippen molar-refractivity contribution in [3.8, 4) is 17.2 Å². The smallest absolute Gasteiger partial charge is 0.312 e. The van der Waals surface area contributed by atoms with Crippen molar-refractivity contribution in [3.05, 3.63) is 113 Å². The first-order valence-corrected chi connectivity index (χ1v) is 11.6. The van der Waals surface area contributed by atoms with Gasteiger partial charge in [-0.25, -0.2) is 0 Å². The number of Topliss-reactive ketones (excluding diaryl/α,β-unsaturated/α-hetero) is 1. The number of pyridine rings is 1. The maximum absolute atomic E-state index is 13.2. The molecule has 4 heterocycles. The lowest BCUT2D eigenvalue weighted by molar-refractivity contribution is -0.135. The molecule has 2 aromatic heterocycles. The van der Waals surface area contributed by atoms with Crippen molar-refractivity contribution in [2.24, 2.45) is 0 Å². The second-order valence-corrected chi connectivity index (χ2v) is 8.62. The molecular formula is C29H21NO6. The molecule has 0 aliphatic carbocycles. The van der Waals surface area contributed by atoms with Crippen LogP contribution in [0.1, 0.15) is 51.0 Å². The Balaban J connectivity index is 1.40. The Kier molecular flexibility index (Phi) is 5.37. The Labute approximate surface area is 206 Å². The van der Waals surface area contributed by atoms with Gasteiger partial charge in [0.25, 0.3) is 0 Å². The summed E-state index contributed by atoms with van der Waals surface area (Å²) in [7, 11) is 0. The predicted molar refractivity (Wildman–Crippen MR) is 130 cm³/mol. The number of allylic oxidation sites excluding steroid dienone is 1. The fourth-order valence-electron chi connectivity index (χ4n) is 4.57. The van der Waals surface area contributed by atoms with Crippen molar-refractivity contribution in [1.29, 1.82) is 0 Å². The molecule has 0 spiro atoms. The fourth-order valence-corrected chi connectivity index (χ4v) is 4.57. The van der Waals surface area contributed by atoms with E-state index < -0.39 is 5.92 Å². The summed E-state index contributed by atoms with van der Waals surface area (Å²) in [5, 5.41) is 0. The summed E-state index contributed by atoms with van der Waals surface area (Å²) in [4.78, 5) is 30.0. The van der Waals surface area contributed by atoms with Gasteiger partial charge in [-0.15, -0.1) is 0 Å². The zero-order chi connectivity index (χ0) is 24.6. The van der Waals surface area contributed by atoms with Gasteiger partial charge in [0.2, 0.25) is 5.78 Å². The van der Waals surface area contributed by atoms with Gasteiger partial charge >= 0.3 is 5.97 Å². The Morgan fingerprint density at radius 1 is 1.00 bits per heavy atom. The number of hydrogen-bond acceptors (Lipinski definition) is 7. The van der Waals surface area contributed by atoms with E-state index in [0.29, 0.717) is 34.1 Å². The lowest BCUT2D eigenvalue weighted by Crippen LogP contribution is -2.22. The summed E-state index contributed by atoms with van der Waals surface area (Å²) in [5.74, 6) is 1.76. The van der Waals surface area contributed by atoms with Crippen LogP contribution in [0, 0.1) is 6.92 Å². The number of aromatic nitrogens is 1. The molecule has 2 aliphatic heterocycles. The van der Waals surface area contributed by atoms with Gasteiger partial charge in [-0.2, -0.15) is 0 Å². The van der Waals surface area contributed by atoms with Crippen molar-refractivity contribution < 1.29 is 28.2 Å². The number of furan rings is 1. The van der Waals surface area contributed by atoms with E-state index in [1.165, 1.54) is 0 Å². The normalized spacial score (nSPS) is 17.4. The molecule has 178 valence electrons. The van der Waals surface area contributed by atoms with Gasteiger partial charge in [0.1, 0.15) is 35.4 Å². The highest BCUT2D eigenvalue weighted by Crippen LogP contribution is 2.50. The Hall–Kier alpha value is -4.65. The van der Waals surface area contributed by atoms with E-state index >= 15 is 0 Å². The molecule has 0 fully saturated rings. The molecule has 1 atom stereocenters. The molecular weight excluding hydrogens is 458 g/mol. The standard InChI is InChI=1S/C29H21NO6/c1-17-9-10-19(34-17)14-25-28(32)21-11-12-24-27(29(21)36-25)22(15-26(31)35-24)20-7-2-3-8-23(20)33-16-18-6-4-5-13-30-18/h2-14,22H,15-16H2,1H3/b25-14-/t22-/m0/s1. The number of rotatable bonds is 5. The highest BCUT2D eigenvalue weighted by atomic mass is 16.5. The number of carbonyl (C=O) groups excluding carboxylic acids is 2. The van der Waals surface area contributed by atoms with Crippen LogP contribution in [0.5, 0.6) is 17.2 Å². The van der Waals surface area contributed by atoms with Crippen molar-refractivity contribution in [3.63, 3.8) is 0 Å². The predicted octanol–water partition coefficient (Wildman–Crippen LogP) is 5.62. The number of ether oxygens (including phenoxy) is 3. The number of esters is 1. The maximum atomic E-state index is 13.2. The van der Waals surface area contributed by atoms with Gasteiger partial charge in [-0.05, 0) is 49.4 Å². The van der Waals surface area contributed by atoms with Crippen LogP contribution in [0.25, 0.3) is 6.08 Å². The van der Waals surface area contributed by atoms with Crippen LogP contribution in [0.3, 0.4) is 0 Å². The van der Waals surface area contributed by atoms with Gasteiger partial charge in [0.15, 0.2) is 5.76 Å². The molecule has 0 N–H and O–H groups in total. The third-order valence-corrected chi connectivity index (χ3v) is 6.21. The van der Waals surface area contributed by atoms with Crippen molar-refractivity contribution in [2.45, 2.75) is 25.9 Å². The molecule has 2 aliphatic rings. The Bertz CT molecular complexity index is 1520. The van der Waals surface area contributed by atoms with E-state index in [1.54, 1.807) is 30.5 Å². The molecule has 7 heteroatoms. The molecule has 4 aromatic rings. The molecule has 0 saturated heterocycles. The Morgan fingerprint density at radius 3 is 2.67 bits per heavy atom. The first kappa shape index (κ1) is 21.9. The van der Waals surface area contributed by atoms with E-state index in [-0.39, 0.29) is 30.5 Å². The molecule has 6 rings (SSSR count). The van der Waals surface area contributed by atoms with Gasteiger partial charge in [-0.3, -0.25) is 14.6 Å². The summed E-state index contributed by atoms with van der Waals surface area (Å²) >= 11 is 0. The largest absolute Gasteiger partial charge is 0.487 e. The summed E-state index contributed by atoms with van der Waals surface area (Å²) < 4.78 is 23.4. The number of carbonyl (C=O) groups is 2. The molecule has 0 amide bonds. The van der Waals surface area contributed by atoms with Gasteiger partial charge in [-0.1, -0.05) is 24.3 Å². The van der Waals surface area contributed by atoms with Crippen LogP contribution in [-0.4, -0.2) is 16.7 Å². The quantitative estimate of drug-likeness (QED) is 0.209. The molecule has 0 unspecified atom stereocenters. The number of benzene rings is 2. The minimum atomic E-state index is -0.422. The summed E-state index contributed by atoms with van der Waals surface area (Å²) in [6, 6.07) is 20.0. The van der Waals surface area contributed by atoms with E-state index in [0.717, 1.165) is 17.0 Å². The number of ketones is 1. The summed E-state index contributed by atoms with van der Waals surface area (Å²) in [6.07, 6.45) is 3.38. The van der Waals surface area contributed by atoms with E-state index in [4.69, 9.17) is 18.6 Å². The fraction of sp³-hybridized carbons (Fsp3) is 0.138. The first-order chi connectivity index (χ1) is 17.6. The zero-order valence-electron chi connectivity index (χ0n) is 19.4. The molecule has 7 nitrogen and oxygen atoms in total. The molecule has 0 saturated carbocycles. The topological polar surface area (TPSA) is 87.9 Å². The lowest BCUT2D eigenvalue weighted by atomic mass is 9.84. The molecule has 36 heavy (non-hydrogen) atoms. The molecule has 2 aromatic carbocycles. The lowest BCUT2D eigenvalue weighted by Gasteiger charge is -2.27. The van der Waals surface area contributed by atoms with Crippen molar-refractivity contribution in [2.75, 3.05) is 0 Å². The van der Waals surface area contributed by atoms with Gasteiger partial charge in [0, 0.05) is 29.3 Å². The van der Waals surface area contributed by atoms with Crippen molar-refractivity contribution >= 4 is 17.8 Å². The average molecular weight is 479 g/mol. The van der Waals surface area contributed by atoms with Crippen LogP contribution in [0.4, 0.5) is 0 Å². The summed E-state index contributed by atoms with van der Waals surface area (Å²) in [5.41, 5.74) is 2.65. The van der Waals surface area contributed by atoms with Crippen LogP contribution in [-0.2, 0) is 11.4 Å². The second-order valence-electron chi connectivity index (χ2n) is 8.62. The third-order valence-electron chi connectivity index (χ3n) is 6.21. The molecule has 0 bridgehead atoms. The van der Waals surface area contributed by atoms with E-state index in [9.17, 15) is 9.59 Å². The monoisotopic (exact) mass is 479 g/mol. The third kappa shape index (κ3) is 3.94. The van der Waals surface area contributed by atoms with Crippen LogP contribution in [0.2, 0.25) is 0 Å². The highest BCUT2D eigenvalue weighted by Gasteiger charge is 2.39. The van der Waals surface area contributed by atoms with Crippen LogP contribution in [0.15, 0.2) is 83.1 Å². The number of para-hydroxylation sites is 1. The number of nitrogens with zero attached hydrogens (tertiary/aromatic N) is 1. The molecule has 0 radical (unpaired) electrons. The SMILES string of the molecule is Cc1ccc(/C=C2\Oc3c(ccc4c3[C@H](c3ccccc3OCc3ccccn3)CC(=O)O4)C2=O)o1. The Morgan fingerprint density at radius 2 is 1.86 bits per heavy atom.